The Hall–Kier alpha value is -0.0100. The Kier molecular flexibility index (Phi) is 4.10. The van der Waals surface area contributed by atoms with Gasteiger partial charge in [-0.15, -0.1) is 0 Å². The second-order valence-corrected chi connectivity index (χ2v) is 5.27. The summed E-state index contributed by atoms with van der Waals surface area (Å²) >= 11 is 5.29. The summed E-state index contributed by atoms with van der Waals surface area (Å²) in [6.07, 6.45) is 1.70. The molecule has 2 heterocycles. The van der Waals surface area contributed by atoms with E-state index in [1.807, 2.05) is 17.8 Å². The van der Waals surface area contributed by atoms with Crippen molar-refractivity contribution in [2.45, 2.75) is 12.1 Å². The summed E-state index contributed by atoms with van der Waals surface area (Å²) < 4.78 is 12.0. The van der Waals surface area contributed by atoms with Crippen LogP contribution in [-0.2, 0) is 4.74 Å². The highest BCUT2D eigenvalue weighted by atomic mass is 79.9. The third kappa shape index (κ3) is 2.57. The van der Waals surface area contributed by atoms with Gasteiger partial charge in [-0.2, -0.15) is 11.8 Å². The molecule has 2 atom stereocenters. The number of hydrazine groups is 1. The van der Waals surface area contributed by atoms with Crippen molar-refractivity contribution in [1.82, 2.24) is 5.43 Å². The molecular formula is C9H13BrN2O2S. The van der Waals surface area contributed by atoms with Crippen molar-refractivity contribution in [3.8, 4) is 0 Å². The number of hydrogen-bond acceptors (Lipinski definition) is 5. The van der Waals surface area contributed by atoms with Crippen molar-refractivity contribution < 1.29 is 9.15 Å². The average molecular weight is 293 g/mol. The van der Waals surface area contributed by atoms with Crippen LogP contribution in [-0.4, -0.2) is 24.2 Å². The summed E-state index contributed by atoms with van der Waals surface area (Å²) in [6.45, 7) is 0.770. The lowest BCUT2D eigenvalue weighted by Gasteiger charge is -2.28. The number of furan rings is 1. The van der Waals surface area contributed by atoms with Gasteiger partial charge in [0.25, 0.3) is 0 Å². The molecule has 1 aromatic rings. The maximum atomic E-state index is 5.67. The maximum Gasteiger partial charge on any atom is 0.138 e. The fraction of sp³-hybridized carbons (Fsp3) is 0.556. The SMILES string of the molecule is NNC(c1occc1Br)C1CSCCO1. The van der Waals surface area contributed by atoms with E-state index in [1.165, 1.54) is 0 Å². The van der Waals surface area contributed by atoms with Crippen LogP contribution in [0.2, 0.25) is 0 Å². The van der Waals surface area contributed by atoms with Gasteiger partial charge in [0.15, 0.2) is 0 Å². The van der Waals surface area contributed by atoms with Gasteiger partial charge >= 0.3 is 0 Å². The number of hydrogen-bond donors (Lipinski definition) is 2. The van der Waals surface area contributed by atoms with Crippen molar-refractivity contribution in [1.29, 1.82) is 0 Å². The van der Waals surface area contributed by atoms with Crippen LogP contribution in [0.15, 0.2) is 21.2 Å². The third-order valence-corrected chi connectivity index (χ3v) is 3.99. The Labute approximate surface area is 101 Å². The molecule has 1 aliphatic rings. The minimum atomic E-state index is -0.0952. The third-order valence-electron chi connectivity index (χ3n) is 2.32. The second-order valence-electron chi connectivity index (χ2n) is 3.26. The van der Waals surface area contributed by atoms with Gasteiger partial charge in [0.2, 0.25) is 0 Å². The first kappa shape index (κ1) is 11.5. The highest BCUT2D eigenvalue weighted by Gasteiger charge is 2.29. The molecule has 0 amide bonds. The quantitative estimate of drug-likeness (QED) is 0.656. The van der Waals surface area contributed by atoms with E-state index in [-0.39, 0.29) is 12.1 Å². The molecule has 2 unspecified atom stereocenters. The van der Waals surface area contributed by atoms with Gasteiger partial charge in [0.05, 0.1) is 23.4 Å². The lowest BCUT2D eigenvalue weighted by Crippen LogP contribution is -2.41. The lowest BCUT2D eigenvalue weighted by molar-refractivity contribution is 0.0407. The largest absolute Gasteiger partial charge is 0.466 e. The van der Waals surface area contributed by atoms with Crippen molar-refractivity contribution >= 4 is 27.7 Å². The van der Waals surface area contributed by atoms with Crippen LogP contribution in [0.5, 0.6) is 0 Å². The molecule has 3 N–H and O–H groups in total. The van der Waals surface area contributed by atoms with Crippen LogP contribution in [0.1, 0.15) is 11.8 Å². The van der Waals surface area contributed by atoms with E-state index in [2.05, 4.69) is 21.4 Å². The molecule has 1 fully saturated rings. The van der Waals surface area contributed by atoms with E-state index < -0.39 is 0 Å². The Balaban J connectivity index is 2.12. The first-order valence-corrected chi connectivity index (χ1v) is 6.66. The van der Waals surface area contributed by atoms with Crippen LogP contribution in [0.25, 0.3) is 0 Å². The topological polar surface area (TPSA) is 60.4 Å². The Morgan fingerprint density at radius 2 is 2.53 bits per heavy atom. The highest BCUT2D eigenvalue weighted by Crippen LogP contribution is 2.30. The van der Waals surface area contributed by atoms with Gasteiger partial charge in [0.1, 0.15) is 11.8 Å². The minimum Gasteiger partial charge on any atom is -0.466 e. The number of rotatable bonds is 3. The first-order chi connectivity index (χ1) is 7.33. The molecule has 0 saturated carbocycles. The molecule has 1 aliphatic heterocycles. The fourth-order valence-electron chi connectivity index (χ4n) is 1.58. The molecule has 0 aromatic carbocycles. The maximum absolute atomic E-state index is 5.67. The zero-order chi connectivity index (χ0) is 10.7. The highest BCUT2D eigenvalue weighted by molar-refractivity contribution is 9.10. The summed E-state index contributed by atoms with van der Waals surface area (Å²) in [5.41, 5.74) is 2.75. The van der Waals surface area contributed by atoms with Gasteiger partial charge in [-0.3, -0.25) is 5.84 Å². The van der Waals surface area contributed by atoms with E-state index >= 15 is 0 Å². The van der Waals surface area contributed by atoms with Crippen molar-refractivity contribution in [2.75, 3.05) is 18.1 Å². The monoisotopic (exact) mass is 292 g/mol. The van der Waals surface area contributed by atoms with Crippen molar-refractivity contribution in [3.63, 3.8) is 0 Å². The van der Waals surface area contributed by atoms with Gasteiger partial charge in [-0.05, 0) is 22.0 Å². The van der Waals surface area contributed by atoms with E-state index in [9.17, 15) is 0 Å². The van der Waals surface area contributed by atoms with Gasteiger partial charge in [-0.25, -0.2) is 5.43 Å². The summed E-state index contributed by atoms with van der Waals surface area (Å²) in [7, 11) is 0. The Morgan fingerprint density at radius 1 is 1.67 bits per heavy atom. The van der Waals surface area contributed by atoms with Gasteiger partial charge < -0.3 is 9.15 Å². The molecule has 2 rings (SSSR count). The number of ether oxygens (including phenoxy) is 1. The number of nitrogens with two attached hydrogens (primary N) is 1. The van der Waals surface area contributed by atoms with Crippen LogP contribution in [0.4, 0.5) is 0 Å². The molecule has 15 heavy (non-hydrogen) atoms. The molecule has 6 heteroatoms. The molecule has 0 radical (unpaired) electrons. The number of nitrogens with one attached hydrogen (secondary N) is 1. The van der Waals surface area contributed by atoms with Crippen LogP contribution in [0, 0.1) is 0 Å². The van der Waals surface area contributed by atoms with Gasteiger partial charge in [0, 0.05) is 11.5 Å². The summed E-state index contributed by atoms with van der Waals surface area (Å²) in [5.74, 6) is 8.32. The number of halogens is 1. The Morgan fingerprint density at radius 3 is 3.07 bits per heavy atom. The molecule has 4 nitrogen and oxygen atoms in total. The van der Waals surface area contributed by atoms with Gasteiger partial charge in [-0.1, -0.05) is 0 Å². The standard InChI is InChI=1S/C9H13BrN2O2S/c10-6-1-2-14-9(6)8(12-11)7-5-15-4-3-13-7/h1-2,7-8,12H,3-5,11H2. The molecule has 0 bridgehead atoms. The zero-order valence-corrected chi connectivity index (χ0v) is 10.5. The molecule has 1 aromatic heterocycles. The lowest BCUT2D eigenvalue weighted by atomic mass is 10.1. The van der Waals surface area contributed by atoms with E-state index in [0.717, 1.165) is 28.3 Å². The molecule has 0 spiro atoms. The average Bonchev–Trinajstić information content (AvgIpc) is 2.68. The predicted molar refractivity (Wildman–Crippen MR) is 63.5 cm³/mol. The van der Waals surface area contributed by atoms with E-state index in [0.29, 0.717) is 0 Å². The minimum absolute atomic E-state index is 0.0659. The molecule has 0 aliphatic carbocycles. The summed E-state index contributed by atoms with van der Waals surface area (Å²) in [6, 6.07) is 1.76. The molecular weight excluding hydrogens is 280 g/mol. The van der Waals surface area contributed by atoms with Crippen LogP contribution in [0.3, 0.4) is 0 Å². The fourth-order valence-corrected chi connectivity index (χ4v) is 2.93. The predicted octanol–water partition coefficient (Wildman–Crippen LogP) is 1.68. The number of thioether (sulfide) groups is 1. The molecule has 84 valence electrons. The summed E-state index contributed by atoms with van der Waals surface area (Å²) in [5, 5.41) is 0. The van der Waals surface area contributed by atoms with E-state index in [1.54, 1.807) is 6.26 Å². The zero-order valence-electron chi connectivity index (χ0n) is 8.11. The van der Waals surface area contributed by atoms with Crippen LogP contribution >= 0.6 is 27.7 Å². The Bertz CT molecular complexity index is 315. The summed E-state index contributed by atoms with van der Waals surface area (Å²) in [4.78, 5) is 0. The van der Waals surface area contributed by atoms with E-state index in [4.69, 9.17) is 15.0 Å². The van der Waals surface area contributed by atoms with Crippen molar-refractivity contribution in [2.24, 2.45) is 5.84 Å². The molecule has 1 saturated heterocycles. The first-order valence-electron chi connectivity index (χ1n) is 4.71. The smallest absolute Gasteiger partial charge is 0.138 e. The second kappa shape index (κ2) is 5.36. The normalized spacial score (nSPS) is 24.0. The van der Waals surface area contributed by atoms with Crippen molar-refractivity contribution in [3.05, 3.63) is 22.6 Å². The van der Waals surface area contributed by atoms with Crippen LogP contribution < -0.4 is 11.3 Å².